The van der Waals surface area contributed by atoms with E-state index in [2.05, 4.69) is 52.4 Å². The minimum absolute atomic E-state index is 0.332. The van der Waals surface area contributed by atoms with Gasteiger partial charge in [-0.2, -0.15) is 9.61 Å². The first-order valence-electron chi connectivity index (χ1n) is 9.33. The minimum Gasteiger partial charge on any atom is -0.296 e. The zero-order valence-electron chi connectivity index (χ0n) is 14.8. The van der Waals surface area contributed by atoms with E-state index in [9.17, 15) is 0 Å². The summed E-state index contributed by atoms with van der Waals surface area (Å²) in [6.07, 6.45) is 6.31. The lowest BCUT2D eigenvalue weighted by atomic mass is 9.97. The van der Waals surface area contributed by atoms with Gasteiger partial charge in [-0.15, -0.1) is 10.2 Å². The van der Waals surface area contributed by atoms with Gasteiger partial charge in [0, 0.05) is 5.92 Å². The second-order valence-electron chi connectivity index (χ2n) is 6.81. The Labute approximate surface area is 152 Å². The molecule has 1 aliphatic rings. The van der Waals surface area contributed by atoms with Crippen molar-refractivity contribution in [2.45, 2.75) is 51.5 Å². The summed E-state index contributed by atoms with van der Waals surface area (Å²) in [5, 5.41) is 14.8. The molecule has 3 aromatic rings. The van der Waals surface area contributed by atoms with Gasteiger partial charge in [0.05, 0.1) is 6.54 Å². The van der Waals surface area contributed by atoms with Crippen LogP contribution in [-0.4, -0.2) is 37.8 Å². The highest BCUT2D eigenvalue weighted by Crippen LogP contribution is 2.31. The molecule has 0 amide bonds. The summed E-state index contributed by atoms with van der Waals surface area (Å²) >= 11 is 1.67. The molecule has 0 unspecified atom stereocenters. The molecular formula is C19H25N5S. The number of hydrogen-bond donors (Lipinski definition) is 0. The quantitative estimate of drug-likeness (QED) is 0.691. The van der Waals surface area contributed by atoms with Gasteiger partial charge in [0.1, 0.15) is 5.01 Å². The summed E-state index contributed by atoms with van der Waals surface area (Å²) in [6, 6.07) is 10.6. The fourth-order valence-electron chi connectivity index (χ4n) is 3.64. The van der Waals surface area contributed by atoms with Gasteiger partial charge >= 0.3 is 0 Å². The lowest BCUT2D eigenvalue weighted by molar-refractivity contribution is 0.268. The molecule has 0 bridgehead atoms. The fraction of sp³-hybridized carbons (Fsp3) is 0.526. The molecule has 6 heteroatoms. The molecule has 1 fully saturated rings. The first-order valence-corrected chi connectivity index (χ1v) is 10.1. The Hall–Kier alpha value is -1.79. The van der Waals surface area contributed by atoms with Crippen LogP contribution in [-0.2, 0) is 6.54 Å². The summed E-state index contributed by atoms with van der Waals surface area (Å²) in [7, 11) is 0. The highest BCUT2D eigenvalue weighted by molar-refractivity contribution is 7.16. The van der Waals surface area contributed by atoms with Crippen LogP contribution < -0.4 is 0 Å². The second-order valence-corrected chi connectivity index (χ2v) is 7.80. The van der Waals surface area contributed by atoms with Gasteiger partial charge in [0.2, 0.25) is 4.96 Å². The van der Waals surface area contributed by atoms with E-state index >= 15 is 0 Å². The third kappa shape index (κ3) is 3.60. The highest BCUT2D eigenvalue weighted by Gasteiger charge is 2.21. The van der Waals surface area contributed by atoms with Gasteiger partial charge in [-0.25, -0.2) is 0 Å². The van der Waals surface area contributed by atoms with Crippen molar-refractivity contribution in [2.24, 2.45) is 0 Å². The van der Waals surface area contributed by atoms with E-state index in [0.29, 0.717) is 5.92 Å². The van der Waals surface area contributed by atoms with E-state index in [1.807, 2.05) is 4.52 Å². The highest BCUT2D eigenvalue weighted by atomic mass is 32.1. The maximum absolute atomic E-state index is 4.89. The van der Waals surface area contributed by atoms with Crippen molar-refractivity contribution in [1.29, 1.82) is 0 Å². The first kappa shape index (κ1) is 16.7. The lowest BCUT2D eigenvalue weighted by Crippen LogP contribution is -2.25. The van der Waals surface area contributed by atoms with Gasteiger partial charge in [0.15, 0.2) is 5.82 Å². The average Bonchev–Trinajstić information content (AvgIpc) is 3.10. The van der Waals surface area contributed by atoms with E-state index in [1.54, 1.807) is 11.3 Å². The van der Waals surface area contributed by atoms with Crippen LogP contribution in [0.25, 0.3) is 4.96 Å². The number of nitrogens with zero attached hydrogens (tertiary/aromatic N) is 5. The molecule has 1 atom stereocenters. The summed E-state index contributed by atoms with van der Waals surface area (Å²) in [5.74, 6) is 1.31. The summed E-state index contributed by atoms with van der Waals surface area (Å²) in [4.78, 5) is 3.41. The number of rotatable bonds is 5. The molecular weight excluding hydrogens is 330 g/mol. The van der Waals surface area contributed by atoms with Crippen molar-refractivity contribution in [3.63, 3.8) is 0 Å². The zero-order chi connectivity index (χ0) is 17.1. The molecule has 132 valence electrons. The minimum atomic E-state index is 0.332. The van der Waals surface area contributed by atoms with E-state index in [1.165, 1.54) is 31.2 Å². The van der Waals surface area contributed by atoms with Crippen LogP contribution in [0.3, 0.4) is 0 Å². The second kappa shape index (κ2) is 7.62. The largest absolute Gasteiger partial charge is 0.296 e. The number of likely N-dealkylation sites (tertiary alicyclic amines) is 1. The maximum atomic E-state index is 4.89. The van der Waals surface area contributed by atoms with Crippen LogP contribution in [0, 0.1) is 0 Å². The molecule has 1 aromatic carbocycles. The van der Waals surface area contributed by atoms with E-state index in [-0.39, 0.29) is 0 Å². The van der Waals surface area contributed by atoms with Crippen LogP contribution >= 0.6 is 11.3 Å². The van der Waals surface area contributed by atoms with E-state index in [0.717, 1.165) is 41.8 Å². The summed E-state index contributed by atoms with van der Waals surface area (Å²) < 4.78 is 1.97. The Morgan fingerprint density at radius 3 is 2.52 bits per heavy atom. The Morgan fingerprint density at radius 1 is 1.04 bits per heavy atom. The third-order valence-corrected chi connectivity index (χ3v) is 6.06. The lowest BCUT2D eigenvalue weighted by Gasteiger charge is -2.17. The molecule has 1 aliphatic heterocycles. The van der Waals surface area contributed by atoms with Gasteiger partial charge in [-0.05, 0) is 37.9 Å². The van der Waals surface area contributed by atoms with Crippen molar-refractivity contribution in [3.05, 3.63) is 46.7 Å². The average molecular weight is 356 g/mol. The molecule has 5 nitrogen and oxygen atoms in total. The van der Waals surface area contributed by atoms with Crippen molar-refractivity contribution < 1.29 is 0 Å². The Kier molecular flexibility index (Phi) is 5.08. The van der Waals surface area contributed by atoms with Crippen molar-refractivity contribution >= 4 is 16.3 Å². The standard InChI is InChI=1S/C19H25N5S/c1-2-16(15-10-6-5-7-11-15)18-22-24-17(20-21-19(24)25-18)14-23-12-8-3-4-9-13-23/h5-7,10-11,16H,2-4,8-9,12-14H2,1H3/t16-/m0/s1. The molecule has 0 spiro atoms. The van der Waals surface area contributed by atoms with E-state index < -0.39 is 0 Å². The maximum Gasteiger partial charge on any atom is 0.234 e. The fourth-order valence-corrected chi connectivity index (χ4v) is 4.71. The van der Waals surface area contributed by atoms with Gasteiger partial charge in [0.25, 0.3) is 0 Å². The molecule has 4 rings (SSSR count). The summed E-state index contributed by atoms with van der Waals surface area (Å²) in [6.45, 7) is 5.39. The SMILES string of the molecule is CC[C@@H](c1ccccc1)c1nn2c(CN3CCCCCC3)nnc2s1. The Balaban J connectivity index is 1.59. The summed E-state index contributed by atoms with van der Waals surface area (Å²) in [5.41, 5.74) is 1.32. The van der Waals surface area contributed by atoms with Gasteiger partial charge in [-0.3, -0.25) is 4.90 Å². The normalized spacial score (nSPS) is 17.6. The molecule has 0 saturated carbocycles. The monoisotopic (exact) mass is 355 g/mol. The number of aromatic nitrogens is 4. The van der Waals surface area contributed by atoms with E-state index in [4.69, 9.17) is 5.10 Å². The molecule has 0 aliphatic carbocycles. The molecule has 3 heterocycles. The van der Waals surface area contributed by atoms with Crippen molar-refractivity contribution in [2.75, 3.05) is 13.1 Å². The van der Waals surface area contributed by atoms with Crippen LogP contribution in [0.5, 0.6) is 0 Å². The predicted molar refractivity (Wildman–Crippen MR) is 101 cm³/mol. The Bertz CT molecular complexity index is 802. The topological polar surface area (TPSA) is 46.3 Å². The van der Waals surface area contributed by atoms with Crippen LogP contribution in [0.2, 0.25) is 0 Å². The third-order valence-electron chi connectivity index (χ3n) is 5.04. The van der Waals surface area contributed by atoms with Crippen LogP contribution in [0.4, 0.5) is 0 Å². The smallest absolute Gasteiger partial charge is 0.234 e. The molecule has 2 aromatic heterocycles. The molecule has 1 saturated heterocycles. The van der Waals surface area contributed by atoms with Crippen LogP contribution in [0.15, 0.2) is 30.3 Å². The molecule has 0 N–H and O–H groups in total. The van der Waals surface area contributed by atoms with Crippen LogP contribution in [0.1, 0.15) is 61.3 Å². The zero-order valence-corrected chi connectivity index (χ0v) is 15.6. The van der Waals surface area contributed by atoms with Crippen molar-refractivity contribution in [3.8, 4) is 0 Å². The number of hydrogen-bond acceptors (Lipinski definition) is 5. The first-order chi connectivity index (χ1) is 12.3. The molecule has 25 heavy (non-hydrogen) atoms. The predicted octanol–water partition coefficient (Wildman–Crippen LogP) is 4.10. The van der Waals surface area contributed by atoms with Gasteiger partial charge in [-0.1, -0.05) is 61.4 Å². The molecule has 0 radical (unpaired) electrons. The number of fused-ring (bicyclic) bond motifs is 1. The van der Waals surface area contributed by atoms with Gasteiger partial charge < -0.3 is 0 Å². The Morgan fingerprint density at radius 2 is 1.80 bits per heavy atom. The number of benzene rings is 1. The van der Waals surface area contributed by atoms with Crippen molar-refractivity contribution in [1.82, 2.24) is 24.7 Å².